The first kappa shape index (κ1) is 16.8. The number of ether oxygens (including phenoxy) is 1. The summed E-state index contributed by atoms with van der Waals surface area (Å²) in [5.41, 5.74) is 1.38. The quantitative estimate of drug-likeness (QED) is 0.673. The Balaban J connectivity index is 1.76. The van der Waals surface area contributed by atoms with E-state index in [9.17, 15) is 14.9 Å². The highest BCUT2D eigenvalue weighted by molar-refractivity contribution is 5.90. The number of nitro groups is 1. The minimum Gasteiger partial charge on any atom is -0.497 e. The van der Waals surface area contributed by atoms with Crippen molar-refractivity contribution in [3.8, 4) is 5.75 Å². The highest BCUT2D eigenvalue weighted by Gasteiger charge is 2.30. The van der Waals surface area contributed by atoms with Gasteiger partial charge in [-0.15, -0.1) is 0 Å². The Morgan fingerprint density at radius 2 is 2.08 bits per heavy atom. The minimum atomic E-state index is -0.482. The Morgan fingerprint density at radius 3 is 2.84 bits per heavy atom. The predicted octanol–water partition coefficient (Wildman–Crippen LogP) is 3.97. The zero-order valence-corrected chi connectivity index (χ0v) is 13.8. The average Bonchev–Trinajstić information content (AvgIpc) is 3.12. The number of amides is 2. The average molecular weight is 341 g/mol. The number of carbonyl (C=O) groups is 1. The van der Waals surface area contributed by atoms with Gasteiger partial charge in [0.25, 0.3) is 5.69 Å². The van der Waals surface area contributed by atoms with Crippen LogP contribution in [0.5, 0.6) is 5.75 Å². The van der Waals surface area contributed by atoms with Crippen LogP contribution in [0, 0.1) is 10.1 Å². The summed E-state index contributed by atoms with van der Waals surface area (Å²) in [6.45, 7) is 0.642. The van der Waals surface area contributed by atoms with Gasteiger partial charge in [-0.1, -0.05) is 18.2 Å². The van der Waals surface area contributed by atoms with E-state index >= 15 is 0 Å². The molecule has 0 bridgehead atoms. The molecule has 3 rings (SSSR count). The number of non-ortho nitro benzene ring substituents is 1. The number of benzene rings is 2. The zero-order valence-electron chi connectivity index (χ0n) is 13.8. The van der Waals surface area contributed by atoms with Gasteiger partial charge in [-0.2, -0.15) is 0 Å². The lowest BCUT2D eigenvalue weighted by molar-refractivity contribution is -0.384. The van der Waals surface area contributed by atoms with Gasteiger partial charge in [0, 0.05) is 24.4 Å². The van der Waals surface area contributed by atoms with Gasteiger partial charge in [-0.25, -0.2) is 4.79 Å². The van der Waals surface area contributed by atoms with Gasteiger partial charge in [0.2, 0.25) is 0 Å². The van der Waals surface area contributed by atoms with Crippen molar-refractivity contribution in [1.29, 1.82) is 0 Å². The molecule has 0 aliphatic carbocycles. The second kappa shape index (κ2) is 7.21. The van der Waals surface area contributed by atoms with Crippen LogP contribution in [0.2, 0.25) is 0 Å². The summed E-state index contributed by atoms with van der Waals surface area (Å²) in [4.78, 5) is 24.8. The summed E-state index contributed by atoms with van der Waals surface area (Å²) in [5, 5.41) is 13.6. The number of hydrogen-bond acceptors (Lipinski definition) is 4. The number of carbonyl (C=O) groups excluding carboxylic acids is 1. The van der Waals surface area contributed by atoms with Crippen molar-refractivity contribution < 1.29 is 14.5 Å². The maximum absolute atomic E-state index is 12.6. The molecule has 7 nitrogen and oxygen atoms in total. The van der Waals surface area contributed by atoms with Crippen molar-refractivity contribution in [1.82, 2.24) is 4.90 Å². The second-order valence-electron chi connectivity index (χ2n) is 5.87. The lowest BCUT2D eigenvalue weighted by atomic mass is 10.0. The fourth-order valence-electron chi connectivity index (χ4n) is 3.10. The number of nitrogens with one attached hydrogen (secondary N) is 1. The molecule has 130 valence electrons. The molecular formula is C18H19N3O4. The van der Waals surface area contributed by atoms with Crippen molar-refractivity contribution in [2.45, 2.75) is 18.9 Å². The van der Waals surface area contributed by atoms with Crippen molar-refractivity contribution >= 4 is 17.4 Å². The summed E-state index contributed by atoms with van der Waals surface area (Å²) in [6.07, 6.45) is 1.78. The van der Waals surface area contributed by atoms with Gasteiger partial charge >= 0.3 is 6.03 Å². The van der Waals surface area contributed by atoms with Gasteiger partial charge in [0.05, 0.1) is 18.1 Å². The predicted molar refractivity (Wildman–Crippen MR) is 93.8 cm³/mol. The highest BCUT2D eigenvalue weighted by atomic mass is 16.6. The zero-order chi connectivity index (χ0) is 17.8. The van der Waals surface area contributed by atoms with Gasteiger partial charge in [-0.05, 0) is 36.6 Å². The van der Waals surface area contributed by atoms with Crippen molar-refractivity contribution in [3.05, 3.63) is 64.2 Å². The molecule has 0 saturated carbocycles. The number of rotatable bonds is 4. The lowest BCUT2D eigenvalue weighted by Crippen LogP contribution is -2.34. The molecule has 1 atom stereocenters. The van der Waals surface area contributed by atoms with E-state index in [0.29, 0.717) is 12.2 Å². The second-order valence-corrected chi connectivity index (χ2v) is 5.87. The molecule has 1 N–H and O–H groups in total. The Morgan fingerprint density at radius 1 is 1.28 bits per heavy atom. The fourth-order valence-corrected chi connectivity index (χ4v) is 3.10. The van der Waals surface area contributed by atoms with E-state index in [0.717, 1.165) is 24.2 Å². The fraction of sp³-hybridized carbons (Fsp3) is 0.278. The monoisotopic (exact) mass is 341 g/mol. The molecule has 2 aromatic carbocycles. The number of hydrogen-bond donors (Lipinski definition) is 1. The third-order valence-electron chi connectivity index (χ3n) is 4.30. The van der Waals surface area contributed by atoms with Crippen LogP contribution in [0.3, 0.4) is 0 Å². The highest BCUT2D eigenvalue weighted by Crippen LogP contribution is 2.34. The Labute approximate surface area is 145 Å². The molecule has 1 aliphatic rings. The largest absolute Gasteiger partial charge is 0.497 e. The third-order valence-corrected chi connectivity index (χ3v) is 4.30. The number of anilines is 1. The topological polar surface area (TPSA) is 84.7 Å². The molecule has 7 heteroatoms. The smallest absolute Gasteiger partial charge is 0.322 e. The van der Waals surface area contributed by atoms with E-state index in [1.165, 1.54) is 12.1 Å². The van der Waals surface area contributed by atoms with E-state index < -0.39 is 4.92 Å². The maximum Gasteiger partial charge on any atom is 0.322 e. The Bertz CT molecular complexity index is 793. The molecule has 25 heavy (non-hydrogen) atoms. The molecule has 0 aromatic heterocycles. The summed E-state index contributed by atoms with van der Waals surface area (Å²) >= 11 is 0. The van der Waals surface area contributed by atoms with Crippen LogP contribution in [0.4, 0.5) is 16.2 Å². The molecular weight excluding hydrogens is 322 g/mol. The molecule has 1 fully saturated rings. The first-order valence-electron chi connectivity index (χ1n) is 8.04. The summed E-state index contributed by atoms with van der Waals surface area (Å²) < 4.78 is 5.26. The van der Waals surface area contributed by atoms with E-state index in [-0.39, 0.29) is 17.8 Å². The van der Waals surface area contributed by atoms with Crippen molar-refractivity contribution in [3.63, 3.8) is 0 Å². The van der Waals surface area contributed by atoms with Crippen LogP contribution in [-0.4, -0.2) is 29.5 Å². The molecule has 1 unspecified atom stereocenters. The van der Waals surface area contributed by atoms with Crippen molar-refractivity contribution in [2.24, 2.45) is 0 Å². The third kappa shape index (κ3) is 3.71. The number of methoxy groups -OCH3 is 1. The standard InChI is InChI=1S/C18H19N3O4/c1-25-16-8-2-5-13(11-16)17-9-4-10-20(17)18(22)19-14-6-3-7-15(12-14)21(23)24/h2-3,5-8,11-12,17H,4,9-10H2,1H3,(H,19,22). The van der Waals surface area contributed by atoms with Gasteiger partial charge in [0.15, 0.2) is 0 Å². The normalized spacial score (nSPS) is 16.5. The lowest BCUT2D eigenvalue weighted by Gasteiger charge is -2.25. The van der Waals surface area contributed by atoms with Gasteiger partial charge in [0.1, 0.15) is 5.75 Å². The molecule has 0 spiro atoms. The van der Waals surface area contributed by atoms with Crippen LogP contribution in [-0.2, 0) is 0 Å². The van der Waals surface area contributed by atoms with Crippen LogP contribution in [0.1, 0.15) is 24.4 Å². The van der Waals surface area contributed by atoms with Crippen LogP contribution >= 0.6 is 0 Å². The number of nitro benzene ring substituents is 1. The summed E-state index contributed by atoms with van der Waals surface area (Å²) in [5.74, 6) is 0.753. The van der Waals surface area contributed by atoms with Crippen molar-refractivity contribution in [2.75, 3.05) is 19.0 Å². The number of urea groups is 1. The molecule has 1 saturated heterocycles. The number of likely N-dealkylation sites (tertiary alicyclic amines) is 1. The van der Waals surface area contributed by atoms with Crippen LogP contribution in [0.15, 0.2) is 48.5 Å². The number of nitrogens with zero attached hydrogens (tertiary/aromatic N) is 2. The van der Waals surface area contributed by atoms with Gasteiger partial charge in [-0.3, -0.25) is 10.1 Å². The molecule has 0 radical (unpaired) electrons. The molecule has 1 aliphatic heterocycles. The van der Waals surface area contributed by atoms with E-state index in [1.807, 2.05) is 24.3 Å². The Kier molecular flexibility index (Phi) is 4.83. The van der Waals surface area contributed by atoms with Crippen LogP contribution in [0.25, 0.3) is 0 Å². The summed E-state index contributed by atoms with van der Waals surface area (Å²) in [6, 6.07) is 13.3. The van der Waals surface area contributed by atoms with Gasteiger partial charge < -0.3 is 15.0 Å². The first-order chi connectivity index (χ1) is 12.1. The molecule has 2 aromatic rings. The summed E-state index contributed by atoms with van der Waals surface area (Å²) in [7, 11) is 1.61. The van der Waals surface area contributed by atoms with Crippen LogP contribution < -0.4 is 10.1 Å². The molecule has 2 amide bonds. The molecule has 1 heterocycles. The van der Waals surface area contributed by atoms with E-state index in [2.05, 4.69) is 5.32 Å². The van der Waals surface area contributed by atoms with E-state index in [4.69, 9.17) is 4.74 Å². The maximum atomic E-state index is 12.6. The Hall–Kier alpha value is -3.09. The SMILES string of the molecule is COc1cccc(C2CCCN2C(=O)Nc2cccc([N+](=O)[O-])c2)c1. The minimum absolute atomic E-state index is 0.0335. The first-order valence-corrected chi connectivity index (χ1v) is 8.04. The van der Waals surface area contributed by atoms with E-state index in [1.54, 1.807) is 24.1 Å².